The Morgan fingerprint density at radius 1 is 1.11 bits per heavy atom. The van der Waals surface area contributed by atoms with Crippen LogP contribution in [0.3, 0.4) is 0 Å². The molecule has 1 atom stereocenters. The number of hydrogen-bond donors (Lipinski definition) is 3. The summed E-state index contributed by atoms with van der Waals surface area (Å²) in [5.74, 6) is -0.168. The van der Waals surface area contributed by atoms with Crippen molar-refractivity contribution in [2.45, 2.75) is 13.0 Å². The third-order valence-electron chi connectivity index (χ3n) is 2.89. The molecule has 0 saturated carbocycles. The van der Waals surface area contributed by atoms with E-state index in [0.717, 1.165) is 5.56 Å². The number of nitrogen functional groups attached to an aromatic ring is 1. The Labute approximate surface area is 112 Å². The van der Waals surface area contributed by atoms with Crippen molar-refractivity contribution in [2.75, 3.05) is 12.3 Å². The summed E-state index contributed by atoms with van der Waals surface area (Å²) in [5.41, 5.74) is 7.37. The first-order chi connectivity index (χ1) is 9.13. The molecule has 4 nitrogen and oxygen atoms in total. The van der Waals surface area contributed by atoms with E-state index in [-0.39, 0.29) is 17.2 Å². The van der Waals surface area contributed by atoms with E-state index in [1.54, 1.807) is 0 Å². The number of phenols is 2. The van der Waals surface area contributed by atoms with Crippen LogP contribution in [-0.2, 0) is 4.74 Å². The van der Waals surface area contributed by atoms with Crippen LogP contribution in [0.4, 0.5) is 5.69 Å². The van der Waals surface area contributed by atoms with Crippen LogP contribution < -0.4 is 5.73 Å². The van der Waals surface area contributed by atoms with Gasteiger partial charge in [0.05, 0.1) is 5.69 Å². The van der Waals surface area contributed by atoms with Gasteiger partial charge < -0.3 is 20.7 Å². The highest BCUT2D eigenvalue weighted by Crippen LogP contribution is 2.37. The van der Waals surface area contributed by atoms with Gasteiger partial charge in [0, 0.05) is 18.2 Å². The second-order valence-corrected chi connectivity index (χ2v) is 4.22. The molecule has 0 aliphatic carbocycles. The molecule has 0 aliphatic rings. The van der Waals surface area contributed by atoms with E-state index in [9.17, 15) is 10.2 Å². The summed E-state index contributed by atoms with van der Waals surface area (Å²) in [6, 6.07) is 12.3. The molecule has 100 valence electrons. The van der Waals surface area contributed by atoms with Crippen molar-refractivity contribution in [1.29, 1.82) is 0 Å². The molecule has 0 heterocycles. The molecule has 0 saturated heterocycles. The molecular weight excluding hydrogens is 242 g/mol. The molecule has 0 aliphatic heterocycles. The number of hydrogen-bond acceptors (Lipinski definition) is 4. The lowest BCUT2D eigenvalue weighted by Gasteiger charge is -2.19. The molecule has 4 N–H and O–H groups in total. The minimum Gasteiger partial charge on any atom is -0.507 e. The van der Waals surface area contributed by atoms with Crippen LogP contribution in [0.1, 0.15) is 24.2 Å². The Hall–Kier alpha value is -2.20. The largest absolute Gasteiger partial charge is 0.507 e. The minimum absolute atomic E-state index is 0.0333. The third-order valence-corrected chi connectivity index (χ3v) is 2.89. The number of aromatic hydroxyl groups is 2. The molecule has 2 rings (SSSR count). The average molecular weight is 259 g/mol. The lowest BCUT2D eigenvalue weighted by atomic mass is 9.99. The summed E-state index contributed by atoms with van der Waals surface area (Å²) in [5, 5.41) is 19.5. The fourth-order valence-electron chi connectivity index (χ4n) is 1.98. The molecule has 0 aromatic heterocycles. The lowest BCUT2D eigenvalue weighted by Crippen LogP contribution is -2.07. The van der Waals surface area contributed by atoms with E-state index < -0.39 is 6.10 Å². The van der Waals surface area contributed by atoms with Crippen LogP contribution in [0.5, 0.6) is 11.5 Å². The number of anilines is 1. The molecule has 4 heteroatoms. The molecule has 2 aromatic rings. The summed E-state index contributed by atoms with van der Waals surface area (Å²) in [4.78, 5) is 0. The Kier molecular flexibility index (Phi) is 3.92. The van der Waals surface area contributed by atoms with E-state index in [0.29, 0.717) is 12.2 Å². The van der Waals surface area contributed by atoms with Gasteiger partial charge in [0.1, 0.15) is 17.6 Å². The summed E-state index contributed by atoms with van der Waals surface area (Å²) in [7, 11) is 0. The van der Waals surface area contributed by atoms with Crippen LogP contribution in [-0.4, -0.2) is 16.8 Å². The molecule has 2 aromatic carbocycles. The SMILES string of the molecule is CCOC(c1ccccc1)c1cc(N)c(O)cc1O. The van der Waals surface area contributed by atoms with Crippen molar-refractivity contribution in [3.63, 3.8) is 0 Å². The smallest absolute Gasteiger partial charge is 0.142 e. The highest BCUT2D eigenvalue weighted by molar-refractivity contribution is 5.59. The first-order valence-electron chi connectivity index (χ1n) is 6.11. The van der Waals surface area contributed by atoms with Gasteiger partial charge in [0.25, 0.3) is 0 Å². The molecular formula is C15H17NO3. The molecule has 0 spiro atoms. The van der Waals surface area contributed by atoms with Gasteiger partial charge in [-0.1, -0.05) is 30.3 Å². The van der Waals surface area contributed by atoms with Crippen LogP contribution in [0.25, 0.3) is 0 Å². The van der Waals surface area contributed by atoms with Crippen molar-refractivity contribution < 1.29 is 14.9 Å². The molecule has 1 unspecified atom stereocenters. The fraction of sp³-hybridized carbons (Fsp3) is 0.200. The molecule has 0 radical (unpaired) electrons. The van der Waals surface area contributed by atoms with Crippen LogP contribution >= 0.6 is 0 Å². The van der Waals surface area contributed by atoms with Gasteiger partial charge in [-0.05, 0) is 18.6 Å². The minimum atomic E-state index is -0.408. The first-order valence-corrected chi connectivity index (χ1v) is 6.11. The zero-order valence-electron chi connectivity index (χ0n) is 10.7. The Balaban J connectivity index is 2.48. The first kappa shape index (κ1) is 13.2. The molecule has 0 amide bonds. The van der Waals surface area contributed by atoms with E-state index in [1.165, 1.54) is 12.1 Å². The van der Waals surface area contributed by atoms with Gasteiger partial charge in [-0.15, -0.1) is 0 Å². The quantitative estimate of drug-likeness (QED) is 0.448. The summed E-state index contributed by atoms with van der Waals surface area (Å²) in [6.45, 7) is 2.39. The standard InChI is InChI=1S/C15H17NO3/c1-2-19-15(10-6-4-3-5-7-10)11-8-12(16)14(18)9-13(11)17/h3-9,15,17-18H,2,16H2,1H3. The Bertz CT molecular complexity index is 555. The normalized spacial score (nSPS) is 12.3. The highest BCUT2D eigenvalue weighted by atomic mass is 16.5. The maximum Gasteiger partial charge on any atom is 0.142 e. The van der Waals surface area contributed by atoms with E-state index in [4.69, 9.17) is 10.5 Å². The summed E-state index contributed by atoms with van der Waals surface area (Å²) in [6.07, 6.45) is -0.408. The van der Waals surface area contributed by atoms with Gasteiger partial charge in [-0.3, -0.25) is 0 Å². The van der Waals surface area contributed by atoms with Gasteiger partial charge in [0.2, 0.25) is 0 Å². The second-order valence-electron chi connectivity index (χ2n) is 4.22. The number of nitrogens with two attached hydrogens (primary N) is 1. The van der Waals surface area contributed by atoms with Crippen molar-refractivity contribution in [3.8, 4) is 11.5 Å². The zero-order chi connectivity index (χ0) is 13.8. The van der Waals surface area contributed by atoms with Gasteiger partial charge in [-0.2, -0.15) is 0 Å². The number of benzene rings is 2. The summed E-state index contributed by atoms with van der Waals surface area (Å²) < 4.78 is 5.69. The molecule has 19 heavy (non-hydrogen) atoms. The van der Waals surface area contributed by atoms with Gasteiger partial charge >= 0.3 is 0 Å². The highest BCUT2D eigenvalue weighted by Gasteiger charge is 2.19. The summed E-state index contributed by atoms with van der Waals surface area (Å²) >= 11 is 0. The van der Waals surface area contributed by atoms with E-state index in [2.05, 4.69) is 0 Å². The predicted octanol–water partition coefficient (Wildman–Crippen LogP) is 2.81. The van der Waals surface area contributed by atoms with Crippen molar-refractivity contribution in [1.82, 2.24) is 0 Å². The van der Waals surface area contributed by atoms with Gasteiger partial charge in [-0.25, -0.2) is 0 Å². The van der Waals surface area contributed by atoms with Crippen molar-refractivity contribution in [3.05, 3.63) is 53.6 Å². The maximum absolute atomic E-state index is 9.98. The molecule has 0 bridgehead atoms. The molecule has 0 fully saturated rings. The average Bonchev–Trinajstić information content (AvgIpc) is 2.42. The maximum atomic E-state index is 9.98. The number of ether oxygens (including phenoxy) is 1. The van der Waals surface area contributed by atoms with Crippen molar-refractivity contribution >= 4 is 5.69 Å². The second kappa shape index (κ2) is 5.63. The Morgan fingerprint density at radius 3 is 2.42 bits per heavy atom. The number of rotatable bonds is 4. The van der Waals surface area contributed by atoms with Crippen LogP contribution in [0, 0.1) is 0 Å². The van der Waals surface area contributed by atoms with Crippen LogP contribution in [0.2, 0.25) is 0 Å². The predicted molar refractivity (Wildman–Crippen MR) is 74.1 cm³/mol. The third kappa shape index (κ3) is 2.80. The van der Waals surface area contributed by atoms with Crippen molar-refractivity contribution in [2.24, 2.45) is 0 Å². The number of phenolic OH excluding ortho intramolecular Hbond substituents is 2. The van der Waals surface area contributed by atoms with Gasteiger partial charge in [0.15, 0.2) is 0 Å². The topological polar surface area (TPSA) is 75.7 Å². The lowest BCUT2D eigenvalue weighted by molar-refractivity contribution is 0.0895. The van der Waals surface area contributed by atoms with E-state index in [1.807, 2.05) is 37.3 Å². The fourth-order valence-corrected chi connectivity index (χ4v) is 1.98. The monoisotopic (exact) mass is 259 g/mol. The van der Waals surface area contributed by atoms with E-state index >= 15 is 0 Å². The zero-order valence-corrected chi connectivity index (χ0v) is 10.7. The van der Waals surface area contributed by atoms with Crippen LogP contribution in [0.15, 0.2) is 42.5 Å². The Morgan fingerprint density at radius 2 is 1.79 bits per heavy atom.